The summed E-state index contributed by atoms with van der Waals surface area (Å²) in [4.78, 5) is 36.8. The highest BCUT2D eigenvalue weighted by Crippen LogP contribution is 2.34. The molecular weight excluding hydrogens is 535 g/mol. The number of hydrogen-bond acceptors (Lipinski definition) is 7. The summed E-state index contributed by atoms with van der Waals surface area (Å²) in [5.74, 6) is -5.45. The Bertz CT molecular complexity index is 1440. The van der Waals surface area contributed by atoms with Crippen molar-refractivity contribution in [1.82, 2.24) is 10.4 Å². The molecule has 0 aliphatic carbocycles. The highest BCUT2D eigenvalue weighted by molar-refractivity contribution is 8.26. The average molecular weight is 550 g/mol. The molecule has 1 saturated heterocycles. The van der Waals surface area contributed by atoms with Crippen molar-refractivity contribution in [1.29, 1.82) is 0 Å². The van der Waals surface area contributed by atoms with Crippen molar-refractivity contribution < 1.29 is 32.7 Å². The first-order chi connectivity index (χ1) is 17.1. The zero-order valence-corrected chi connectivity index (χ0v) is 20.3. The van der Waals surface area contributed by atoms with Crippen molar-refractivity contribution in [3.63, 3.8) is 0 Å². The number of halogens is 3. The minimum Gasteiger partial charge on any atom is -0.478 e. The Balaban J connectivity index is 1.38. The minimum atomic E-state index is -1.43. The molecule has 13 heteroatoms. The van der Waals surface area contributed by atoms with Gasteiger partial charge >= 0.3 is 5.97 Å². The number of anilines is 1. The minimum absolute atomic E-state index is 0.0455. The summed E-state index contributed by atoms with van der Waals surface area (Å²) in [7, 11) is 0. The topological polar surface area (TPSA) is 98.7 Å². The first kappa shape index (κ1) is 25.6. The molecule has 0 saturated carbocycles. The number of aromatic carboxylic acids is 1. The van der Waals surface area contributed by atoms with Gasteiger partial charge in [0.15, 0.2) is 16.0 Å². The summed E-state index contributed by atoms with van der Waals surface area (Å²) in [6.45, 7) is -0.374. The summed E-state index contributed by atoms with van der Waals surface area (Å²) in [6.07, 6.45) is 1.60. The first-order valence-corrected chi connectivity index (χ1v) is 12.1. The molecule has 0 radical (unpaired) electrons. The fourth-order valence-electron chi connectivity index (χ4n) is 3.11. The van der Waals surface area contributed by atoms with Crippen LogP contribution in [0.5, 0.6) is 0 Å². The van der Waals surface area contributed by atoms with Gasteiger partial charge < -0.3 is 10.4 Å². The second-order valence-electron chi connectivity index (χ2n) is 7.27. The van der Waals surface area contributed by atoms with Crippen molar-refractivity contribution in [3.8, 4) is 11.1 Å². The first-order valence-electron chi connectivity index (χ1n) is 10.0. The van der Waals surface area contributed by atoms with Crippen molar-refractivity contribution in [3.05, 3.63) is 80.6 Å². The van der Waals surface area contributed by atoms with Gasteiger partial charge in [-0.2, -0.15) is 0 Å². The number of hydrogen-bond donors (Lipinski definition) is 3. The number of thiophene rings is 1. The summed E-state index contributed by atoms with van der Waals surface area (Å²) in [5, 5.41) is 14.0. The molecule has 1 fully saturated rings. The number of benzene rings is 2. The second kappa shape index (κ2) is 10.6. The van der Waals surface area contributed by atoms with Crippen LogP contribution in [0.1, 0.15) is 15.2 Å². The number of thioether (sulfide) groups is 1. The van der Waals surface area contributed by atoms with E-state index in [9.17, 15) is 27.6 Å². The van der Waals surface area contributed by atoms with Gasteiger partial charge in [-0.1, -0.05) is 30.0 Å². The second-order valence-corrected chi connectivity index (χ2v) is 9.89. The molecule has 2 aromatic carbocycles. The smallest absolute Gasteiger partial charge is 0.338 e. The van der Waals surface area contributed by atoms with Gasteiger partial charge in [0.05, 0.1) is 17.0 Å². The zero-order chi connectivity index (χ0) is 26.0. The van der Waals surface area contributed by atoms with Gasteiger partial charge in [0.2, 0.25) is 5.91 Å². The molecule has 0 unspecified atom stereocenters. The molecule has 1 aliphatic rings. The molecule has 0 bridgehead atoms. The van der Waals surface area contributed by atoms with Crippen molar-refractivity contribution in [2.45, 2.75) is 0 Å². The van der Waals surface area contributed by atoms with Gasteiger partial charge in [0.25, 0.3) is 5.91 Å². The standard InChI is InChI=1S/C23H14F3N3O4S3/c24-16-4-1-11(6-18(16)26)12-5-14(35-10-12)8-19-21(31)29(23(34)36-19)27-9-20(30)28-13-2-3-15(22(32)33)17(25)7-13/h1-8,10,27H,9H2,(H,28,30)(H,32,33). The molecule has 2 heterocycles. The van der Waals surface area contributed by atoms with E-state index in [1.54, 1.807) is 17.5 Å². The molecule has 2 amide bonds. The Hall–Kier alpha value is -3.52. The Morgan fingerprint density at radius 2 is 1.81 bits per heavy atom. The number of rotatable bonds is 7. The maximum atomic E-state index is 13.8. The number of carboxylic acid groups (broad SMARTS) is 1. The molecule has 0 spiro atoms. The molecule has 7 nitrogen and oxygen atoms in total. The van der Waals surface area contributed by atoms with Crippen LogP contribution in [0.4, 0.5) is 18.9 Å². The summed E-state index contributed by atoms with van der Waals surface area (Å²) < 4.78 is 40.6. The SMILES string of the molecule is O=C(CNN1C(=O)C(=Cc2cc(-c3ccc(F)c(F)c3)cs2)SC1=S)Nc1ccc(C(=O)O)c(F)c1. The van der Waals surface area contributed by atoms with Crippen LogP contribution in [-0.4, -0.2) is 38.8 Å². The van der Waals surface area contributed by atoms with Crippen LogP contribution >= 0.6 is 35.3 Å². The van der Waals surface area contributed by atoms with Gasteiger partial charge in [0, 0.05) is 10.6 Å². The Kier molecular flexibility index (Phi) is 7.54. The molecule has 3 aromatic rings. The number of thiocarbonyl (C=S) groups is 1. The Morgan fingerprint density at radius 3 is 2.50 bits per heavy atom. The largest absolute Gasteiger partial charge is 0.478 e. The van der Waals surface area contributed by atoms with E-state index in [2.05, 4.69) is 10.7 Å². The van der Waals surface area contributed by atoms with Crippen molar-refractivity contribution in [2.24, 2.45) is 0 Å². The molecule has 4 rings (SSSR count). The van der Waals surface area contributed by atoms with E-state index in [0.717, 1.165) is 41.0 Å². The third kappa shape index (κ3) is 5.65. The Morgan fingerprint density at radius 1 is 1.03 bits per heavy atom. The highest BCUT2D eigenvalue weighted by Gasteiger charge is 2.32. The lowest BCUT2D eigenvalue weighted by Crippen LogP contribution is -2.44. The Labute approximate surface area is 215 Å². The van der Waals surface area contributed by atoms with E-state index in [-0.39, 0.29) is 21.5 Å². The number of carboxylic acids is 1. The maximum absolute atomic E-state index is 13.8. The van der Waals surface area contributed by atoms with Crippen LogP contribution < -0.4 is 10.7 Å². The lowest BCUT2D eigenvalue weighted by atomic mass is 10.1. The lowest BCUT2D eigenvalue weighted by molar-refractivity contribution is -0.124. The fraction of sp³-hybridized carbons (Fsp3) is 0.0435. The maximum Gasteiger partial charge on any atom is 0.338 e. The molecule has 36 heavy (non-hydrogen) atoms. The van der Waals surface area contributed by atoms with E-state index in [0.29, 0.717) is 16.0 Å². The number of nitrogens with zero attached hydrogens (tertiary/aromatic N) is 1. The molecular formula is C23H14F3N3O4S3. The normalized spacial score (nSPS) is 14.5. The third-order valence-electron chi connectivity index (χ3n) is 4.82. The molecule has 184 valence electrons. The van der Waals surface area contributed by atoms with Gasteiger partial charge in [-0.15, -0.1) is 11.3 Å². The quantitative estimate of drug-likeness (QED) is 0.286. The van der Waals surface area contributed by atoms with Crippen LogP contribution in [0, 0.1) is 17.5 Å². The van der Waals surface area contributed by atoms with Crippen molar-refractivity contribution in [2.75, 3.05) is 11.9 Å². The number of hydrazine groups is 1. The average Bonchev–Trinajstić information content (AvgIpc) is 3.38. The predicted octanol–water partition coefficient (Wildman–Crippen LogP) is 4.88. The van der Waals surface area contributed by atoms with Gasteiger partial charge in [-0.25, -0.2) is 28.4 Å². The van der Waals surface area contributed by atoms with E-state index in [4.69, 9.17) is 17.3 Å². The number of nitrogens with one attached hydrogen (secondary N) is 2. The molecule has 3 N–H and O–H groups in total. The van der Waals surface area contributed by atoms with Gasteiger partial charge in [-0.3, -0.25) is 9.59 Å². The summed E-state index contributed by atoms with van der Waals surface area (Å²) >= 11 is 7.52. The fourth-order valence-corrected chi connectivity index (χ4v) is 5.24. The number of carbonyl (C=O) groups is 3. The highest BCUT2D eigenvalue weighted by atomic mass is 32.2. The van der Waals surface area contributed by atoms with Crippen LogP contribution in [0.3, 0.4) is 0 Å². The van der Waals surface area contributed by atoms with E-state index in [1.165, 1.54) is 23.5 Å². The van der Waals surface area contributed by atoms with Crippen molar-refractivity contribution >= 4 is 69.2 Å². The van der Waals surface area contributed by atoms with E-state index >= 15 is 0 Å². The van der Waals surface area contributed by atoms with E-state index in [1.807, 2.05) is 0 Å². The molecule has 1 aromatic heterocycles. The summed E-state index contributed by atoms with van der Waals surface area (Å²) in [6, 6.07) is 8.44. The zero-order valence-electron chi connectivity index (χ0n) is 17.9. The number of carbonyl (C=O) groups excluding carboxylic acids is 2. The lowest BCUT2D eigenvalue weighted by Gasteiger charge is -2.15. The van der Waals surface area contributed by atoms with E-state index < -0.39 is 40.8 Å². The van der Waals surface area contributed by atoms with Crippen LogP contribution in [0.2, 0.25) is 0 Å². The van der Waals surface area contributed by atoms with Gasteiger partial charge in [0.1, 0.15) is 5.82 Å². The summed E-state index contributed by atoms with van der Waals surface area (Å²) in [5.41, 5.74) is 3.27. The predicted molar refractivity (Wildman–Crippen MR) is 135 cm³/mol. The van der Waals surface area contributed by atoms with Crippen LogP contribution in [-0.2, 0) is 9.59 Å². The van der Waals surface area contributed by atoms with Crippen LogP contribution in [0.25, 0.3) is 17.2 Å². The van der Waals surface area contributed by atoms with Crippen LogP contribution in [0.15, 0.2) is 52.7 Å². The monoisotopic (exact) mass is 549 g/mol. The number of amides is 2. The molecule has 0 atom stereocenters. The molecule has 1 aliphatic heterocycles. The van der Waals surface area contributed by atoms with Gasteiger partial charge in [-0.05, 0) is 59.0 Å². The third-order valence-corrected chi connectivity index (χ3v) is 7.00.